The van der Waals surface area contributed by atoms with Crippen LogP contribution in [0.4, 0.5) is 0 Å². The summed E-state index contributed by atoms with van der Waals surface area (Å²) in [5.74, 6) is 0. The summed E-state index contributed by atoms with van der Waals surface area (Å²) in [5, 5.41) is 0. The lowest BCUT2D eigenvalue weighted by atomic mass is 9.92. The Morgan fingerprint density at radius 2 is 2.10 bits per heavy atom. The van der Waals surface area contributed by atoms with Crippen LogP contribution in [0.25, 0.3) is 0 Å². The largest absolute Gasteiger partial charge is 0.282 e. The highest BCUT2D eigenvalue weighted by molar-refractivity contribution is 5.83. The van der Waals surface area contributed by atoms with Crippen molar-refractivity contribution < 1.29 is 0 Å². The van der Waals surface area contributed by atoms with Gasteiger partial charge in [-0.2, -0.15) is 0 Å². The Morgan fingerprint density at radius 1 is 1.50 bits per heavy atom. The summed E-state index contributed by atoms with van der Waals surface area (Å²) in [7, 11) is 0. The Labute approximate surface area is 62.9 Å². The molecule has 0 aromatic rings. The maximum absolute atomic E-state index is 4.40. The van der Waals surface area contributed by atoms with Crippen molar-refractivity contribution in [3.8, 4) is 0 Å². The first-order valence-corrected chi connectivity index (χ1v) is 3.83. The van der Waals surface area contributed by atoms with Crippen molar-refractivity contribution in [3.05, 3.63) is 11.1 Å². The monoisotopic (exact) mass is 137 g/mol. The minimum atomic E-state index is 0.0822. The van der Waals surface area contributed by atoms with Gasteiger partial charge in [0.05, 0.1) is 5.54 Å². The molecule has 0 saturated heterocycles. The first-order chi connectivity index (χ1) is 4.58. The molecule has 10 heavy (non-hydrogen) atoms. The van der Waals surface area contributed by atoms with Gasteiger partial charge in [0.1, 0.15) is 0 Å². The van der Waals surface area contributed by atoms with Crippen molar-refractivity contribution in [2.75, 3.05) is 0 Å². The molecular weight excluding hydrogens is 122 g/mol. The van der Waals surface area contributed by atoms with Crippen LogP contribution in [0.15, 0.2) is 16.1 Å². The zero-order valence-electron chi connectivity index (χ0n) is 7.23. The van der Waals surface area contributed by atoms with Gasteiger partial charge in [-0.3, -0.25) is 4.99 Å². The Hall–Kier alpha value is -0.590. The maximum Gasteiger partial charge on any atom is 0.0766 e. The molecule has 1 aliphatic heterocycles. The molecule has 1 aliphatic rings. The van der Waals surface area contributed by atoms with Crippen LogP contribution >= 0.6 is 0 Å². The number of rotatable bonds is 1. The van der Waals surface area contributed by atoms with E-state index in [1.165, 1.54) is 11.1 Å². The van der Waals surface area contributed by atoms with E-state index >= 15 is 0 Å². The molecule has 0 saturated carbocycles. The van der Waals surface area contributed by atoms with Gasteiger partial charge in [0.25, 0.3) is 0 Å². The van der Waals surface area contributed by atoms with Crippen molar-refractivity contribution in [2.45, 2.75) is 39.7 Å². The van der Waals surface area contributed by atoms with Crippen LogP contribution in [0.1, 0.15) is 34.1 Å². The number of hydrogen-bond acceptors (Lipinski definition) is 1. The Morgan fingerprint density at radius 3 is 2.30 bits per heavy atom. The second kappa shape index (κ2) is 2.22. The summed E-state index contributed by atoms with van der Waals surface area (Å²) in [6.45, 7) is 8.66. The highest BCUT2D eigenvalue weighted by Crippen LogP contribution is 2.30. The molecule has 1 nitrogen and oxygen atoms in total. The van der Waals surface area contributed by atoms with Gasteiger partial charge in [-0.05, 0) is 38.3 Å². The van der Waals surface area contributed by atoms with Gasteiger partial charge >= 0.3 is 0 Å². The van der Waals surface area contributed by atoms with E-state index in [0.717, 1.165) is 6.42 Å². The molecule has 0 atom stereocenters. The second-order valence-electron chi connectivity index (χ2n) is 3.33. The van der Waals surface area contributed by atoms with E-state index in [1.807, 2.05) is 6.21 Å². The van der Waals surface area contributed by atoms with E-state index in [2.05, 4.69) is 32.7 Å². The summed E-state index contributed by atoms with van der Waals surface area (Å²) in [6, 6.07) is 0. The maximum atomic E-state index is 4.40. The third kappa shape index (κ3) is 1.00. The van der Waals surface area contributed by atoms with Crippen molar-refractivity contribution in [3.63, 3.8) is 0 Å². The molecule has 0 aliphatic carbocycles. The summed E-state index contributed by atoms with van der Waals surface area (Å²) < 4.78 is 0. The molecule has 0 N–H and O–H groups in total. The fraction of sp³-hybridized carbons (Fsp3) is 0.667. The molecule has 0 radical (unpaired) electrons. The van der Waals surface area contributed by atoms with E-state index < -0.39 is 0 Å². The van der Waals surface area contributed by atoms with Gasteiger partial charge in [0, 0.05) is 6.21 Å². The van der Waals surface area contributed by atoms with Crippen LogP contribution in [0.3, 0.4) is 0 Å². The molecule has 0 unspecified atom stereocenters. The quantitative estimate of drug-likeness (QED) is 0.526. The van der Waals surface area contributed by atoms with Crippen LogP contribution < -0.4 is 0 Å². The first-order valence-electron chi connectivity index (χ1n) is 3.83. The van der Waals surface area contributed by atoms with Crippen molar-refractivity contribution >= 4 is 6.21 Å². The third-order valence-corrected chi connectivity index (χ3v) is 2.15. The Bertz CT molecular complexity index is 197. The predicted octanol–water partition coefficient (Wildman–Crippen LogP) is 2.58. The van der Waals surface area contributed by atoms with Gasteiger partial charge < -0.3 is 0 Å². The van der Waals surface area contributed by atoms with E-state index in [0.29, 0.717) is 0 Å². The lowest BCUT2D eigenvalue weighted by Gasteiger charge is -2.18. The normalized spacial score (nSPS) is 22.4. The SMILES string of the molecule is CCC1=C(C)C=NC1(C)C. The van der Waals surface area contributed by atoms with E-state index in [-0.39, 0.29) is 5.54 Å². The van der Waals surface area contributed by atoms with Crippen molar-refractivity contribution in [2.24, 2.45) is 4.99 Å². The summed E-state index contributed by atoms with van der Waals surface area (Å²) in [5.41, 5.74) is 2.92. The molecule has 0 bridgehead atoms. The fourth-order valence-corrected chi connectivity index (χ4v) is 1.61. The topological polar surface area (TPSA) is 12.4 Å². The van der Waals surface area contributed by atoms with Crippen LogP contribution in [0.2, 0.25) is 0 Å². The Balaban J connectivity index is 2.97. The average molecular weight is 137 g/mol. The van der Waals surface area contributed by atoms with E-state index in [1.54, 1.807) is 0 Å². The second-order valence-corrected chi connectivity index (χ2v) is 3.33. The van der Waals surface area contributed by atoms with Crippen molar-refractivity contribution in [1.82, 2.24) is 0 Å². The lowest BCUT2D eigenvalue weighted by Crippen LogP contribution is -2.16. The zero-order valence-corrected chi connectivity index (χ0v) is 7.23. The molecular formula is C9H15N. The van der Waals surface area contributed by atoms with Gasteiger partial charge in [-0.1, -0.05) is 6.92 Å². The lowest BCUT2D eigenvalue weighted by molar-refractivity contribution is 0.607. The average Bonchev–Trinajstić information content (AvgIpc) is 2.07. The summed E-state index contributed by atoms with van der Waals surface area (Å²) in [4.78, 5) is 4.40. The molecule has 0 amide bonds. The van der Waals surface area contributed by atoms with Crippen LogP contribution in [-0.4, -0.2) is 11.8 Å². The predicted molar refractivity (Wildman–Crippen MR) is 45.6 cm³/mol. The molecule has 1 heteroatoms. The van der Waals surface area contributed by atoms with Gasteiger partial charge in [0.15, 0.2) is 0 Å². The highest BCUT2D eigenvalue weighted by atomic mass is 14.9. The molecule has 0 aromatic carbocycles. The van der Waals surface area contributed by atoms with E-state index in [4.69, 9.17) is 0 Å². The molecule has 1 rings (SSSR count). The minimum absolute atomic E-state index is 0.0822. The van der Waals surface area contributed by atoms with Crippen LogP contribution in [0, 0.1) is 0 Å². The van der Waals surface area contributed by atoms with Gasteiger partial charge in [0.2, 0.25) is 0 Å². The number of hydrogen-bond donors (Lipinski definition) is 0. The fourth-order valence-electron chi connectivity index (χ4n) is 1.61. The van der Waals surface area contributed by atoms with Gasteiger partial charge in [-0.15, -0.1) is 0 Å². The molecule has 0 fully saturated rings. The molecule has 1 heterocycles. The zero-order chi connectivity index (χ0) is 7.78. The number of allylic oxidation sites excluding steroid dienone is 1. The molecule has 56 valence electrons. The standard InChI is InChI=1S/C9H15N/c1-5-8-7(2)6-10-9(8,3)4/h6H,5H2,1-4H3. The Kier molecular flexibility index (Phi) is 1.67. The molecule has 0 spiro atoms. The molecule has 0 aromatic heterocycles. The van der Waals surface area contributed by atoms with Crippen molar-refractivity contribution in [1.29, 1.82) is 0 Å². The first kappa shape index (κ1) is 7.52. The van der Waals surface area contributed by atoms with Gasteiger partial charge in [-0.25, -0.2) is 0 Å². The number of nitrogens with zero attached hydrogens (tertiary/aromatic N) is 1. The van der Waals surface area contributed by atoms with Crippen LogP contribution in [0.5, 0.6) is 0 Å². The smallest absolute Gasteiger partial charge is 0.0766 e. The minimum Gasteiger partial charge on any atom is -0.282 e. The third-order valence-electron chi connectivity index (χ3n) is 2.15. The van der Waals surface area contributed by atoms with E-state index in [9.17, 15) is 0 Å². The number of aliphatic imine (C=N–C) groups is 1. The van der Waals surface area contributed by atoms with Crippen LogP contribution in [-0.2, 0) is 0 Å². The summed E-state index contributed by atoms with van der Waals surface area (Å²) >= 11 is 0. The summed E-state index contributed by atoms with van der Waals surface area (Å²) in [6.07, 6.45) is 3.11. The highest BCUT2D eigenvalue weighted by Gasteiger charge is 2.25.